The van der Waals surface area contributed by atoms with Crippen LogP contribution in [0.15, 0.2) is 24.4 Å². The smallest absolute Gasteiger partial charge is 0.153 e. The normalized spacial score (nSPS) is 16.1. The molecule has 0 radical (unpaired) electrons. The van der Waals surface area contributed by atoms with Crippen LogP contribution in [0.5, 0.6) is 0 Å². The quantitative estimate of drug-likeness (QED) is 0.730. The third kappa shape index (κ3) is 3.14. The molecule has 0 unspecified atom stereocenters. The minimum absolute atomic E-state index is 0.390. The first-order chi connectivity index (χ1) is 10.2. The van der Waals surface area contributed by atoms with E-state index in [2.05, 4.69) is 5.10 Å². The van der Waals surface area contributed by atoms with Crippen molar-refractivity contribution in [1.82, 2.24) is 9.78 Å². The Morgan fingerprint density at radius 2 is 1.76 bits per heavy atom. The summed E-state index contributed by atoms with van der Waals surface area (Å²) in [6.45, 7) is 0. The molecular formula is C16H16Cl2N2O. The molecule has 1 aliphatic carbocycles. The molecule has 0 atom stereocenters. The predicted molar refractivity (Wildman–Crippen MR) is 85.2 cm³/mol. The SMILES string of the molecule is O=Cc1cn(C2CCCCC2)nc1-c1cc(Cl)cc(Cl)c1. The van der Waals surface area contributed by atoms with Gasteiger partial charge in [0.05, 0.1) is 11.6 Å². The minimum Gasteiger partial charge on any atom is -0.298 e. The van der Waals surface area contributed by atoms with Crippen LogP contribution in [0.2, 0.25) is 10.0 Å². The molecule has 21 heavy (non-hydrogen) atoms. The molecule has 2 aromatic rings. The molecule has 1 saturated carbocycles. The number of carbonyl (C=O) groups excluding carboxylic acids is 1. The third-order valence-electron chi connectivity index (χ3n) is 3.97. The second kappa shape index (κ2) is 6.20. The number of aromatic nitrogens is 2. The van der Waals surface area contributed by atoms with Crippen molar-refractivity contribution in [2.75, 3.05) is 0 Å². The van der Waals surface area contributed by atoms with Gasteiger partial charge in [-0.25, -0.2) is 0 Å². The molecule has 1 heterocycles. The van der Waals surface area contributed by atoms with Gasteiger partial charge in [-0.3, -0.25) is 9.48 Å². The van der Waals surface area contributed by atoms with Gasteiger partial charge in [0.25, 0.3) is 0 Å². The van der Waals surface area contributed by atoms with Gasteiger partial charge in [-0.15, -0.1) is 0 Å². The fourth-order valence-corrected chi connectivity index (χ4v) is 3.47. The first kappa shape index (κ1) is 14.6. The summed E-state index contributed by atoms with van der Waals surface area (Å²) in [6.07, 6.45) is 8.66. The average molecular weight is 323 g/mol. The van der Waals surface area contributed by atoms with Gasteiger partial charge in [0.2, 0.25) is 0 Å². The highest BCUT2D eigenvalue weighted by atomic mass is 35.5. The van der Waals surface area contributed by atoms with Crippen molar-refractivity contribution in [2.24, 2.45) is 0 Å². The predicted octanol–water partition coefficient (Wildman–Crippen LogP) is 5.17. The van der Waals surface area contributed by atoms with Gasteiger partial charge in [-0.1, -0.05) is 42.5 Å². The monoisotopic (exact) mass is 322 g/mol. The number of benzene rings is 1. The van der Waals surface area contributed by atoms with Gasteiger partial charge in [0.1, 0.15) is 5.69 Å². The molecule has 5 heteroatoms. The zero-order chi connectivity index (χ0) is 14.8. The Bertz CT molecular complexity index is 640. The Morgan fingerprint density at radius 1 is 1.10 bits per heavy atom. The molecule has 110 valence electrons. The lowest BCUT2D eigenvalue weighted by atomic mass is 9.96. The number of aldehydes is 1. The molecule has 3 rings (SSSR count). The molecule has 0 bridgehead atoms. The van der Waals surface area contributed by atoms with Crippen LogP contribution in [-0.2, 0) is 0 Å². The number of hydrogen-bond donors (Lipinski definition) is 0. The van der Waals surface area contributed by atoms with Gasteiger partial charge in [0.15, 0.2) is 6.29 Å². The van der Waals surface area contributed by atoms with E-state index < -0.39 is 0 Å². The lowest BCUT2D eigenvalue weighted by Crippen LogP contribution is -2.13. The van der Waals surface area contributed by atoms with Crippen molar-refractivity contribution in [3.63, 3.8) is 0 Å². The van der Waals surface area contributed by atoms with Crippen LogP contribution in [0.1, 0.15) is 48.5 Å². The summed E-state index contributed by atoms with van der Waals surface area (Å²) in [7, 11) is 0. The zero-order valence-corrected chi connectivity index (χ0v) is 13.1. The molecule has 1 aromatic heterocycles. The van der Waals surface area contributed by atoms with E-state index in [1.807, 2.05) is 10.9 Å². The maximum absolute atomic E-state index is 11.3. The second-order valence-corrected chi connectivity index (χ2v) is 6.35. The molecule has 0 aliphatic heterocycles. The highest BCUT2D eigenvalue weighted by molar-refractivity contribution is 6.35. The van der Waals surface area contributed by atoms with E-state index in [9.17, 15) is 4.79 Å². The van der Waals surface area contributed by atoms with E-state index in [0.29, 0.717) is 27.3 Å². The Labute approximate surface area is 133 Å². The lowest BCUT2D eigenvalue weighted by Gasteiger charge is -2.21. The molecule has 0 saturated heterocycles. The fourth-order valence-electron chi connectivity index (χ4n) is 2.94. The van der Waals surface area contributed by atoms with Crippen LogP contribution in [0.4, 0.5) is 0 Å². The van der Waals surface area contributed by atoms with E-state index in [1.165, 1.54) is 19.3 Å². The Kier molecular flexibility index (Phi) is 4.32. The number of carbonyl (C=O) groups is 1. The standard InChI is InChI=1S/C16H16Cl2N2O/c17-13-6-11(7-14(18)8-13)16-12(10-21)9-20(19-16)15-4-2-1-3-5-15/h6-10,15H,1-5H2. The molecule has 1 aromatic carbocycles. The largest absolute Gasteiger partial charge is 0.298 e. The van der Waals surface area contributed by atoms with E-state index >= 15 is 0 Å². The first-order valence-corrected chi connectivity index (χ1v) is 7.94. The van der Waals surface area contributed by atoms with Gasteiger partial charge in [0, 0.05) is 21.8 Å². The van der Waals surface area contributed by atoms with Crippen molar-refractivity contribution in [3.05, 3.63) is 40.0 Å². The van der Waals surface area contributed by atoms with Gasteiger partial charge < -0.3 is 0 Å². The maximum atomic E-state index is 11.3. The van der Waals surface area contributed by atoms with E-state index in [-0.39, 0.29) is 0 Å². The van der Waals surface area contributed by atoms with Crippen molar-refractivity contribution < 1.29 is 4.79 Å². The van der Waals surface area contributed by atoms with Crippen LogP contribution < -0.4 is 0 Å². The van der Waals surface area contributed by atoms with Crippen molar-refractivity contribution in [3.8, 4) is 11.3 Å². The van der Waals surface area contributed by atoms with Gasteiger partial charge >= 0.3 is 0 Å². The van der Waals surface area contributed by atoms with Crippen molar-refractivity contribution in [2.45, 2.75) is 38.1 Å². The van der Waals surface area contributed by atoms with Crippen LogP contribution >= 0.6 is 23.2 Å². The maximum Gasteiger partial charge on any atom is 0.153 e. The summed E-state index contributed by atoms with van der Waals surface area (Å²) >= 11 is 12.1. The lowest BCUT2D eigenvalue weighted by molar-refractivity contribution is 0.112. The van der Waals surface area contributed by atoms with Crippen LogP contribution in [0, 0.1) is 0 Å². The fraction of sp³-hybridized carbons (Fsp3) is 0.375. The number of nitrogens with zero attached hydrogens (tertiary/aromatic N) is 2. The summed E-state index contributed by atoms with van der Waals surface area (Å²) in [4.78, 5) is 11.3. The first-order valence-electron chi connectivity index (χ1n) is 7.18. The number of halogens is 2. The van der Waals surface area contributed by atoms with E-state index in [4.69, 9.17) is 23.2 Å². The molecular weight excluding hydrogens is 307 g/mol. The number of hydrogen-bond acceptors (Lipinski definition) is 2. The highest BCUT2D eigenvalue weighted by Gasteiger charge is 2.19. The van der Waals surface area contributed by atoms with Crippen LogP contribution in [0.25, 0.3) is 11.3 Å². The molecule has 0 N–H and O–H groups in total. The summed E-state index contributed by atoms with van der Waals surface area (Å²) in [6, 6.07) is 5.63. The van der Waals surface area contributed by atoms with Crippen molar-refractivity contribution in [1.29, 1.82) is 0 Å². The molecule has 0 amide bonds. The highest BCUT2D eigenvalue weighted by Crippen LogP contribution is 2.32. The Balaban J connectivity index is 2.01. The van der Waals surface area contributed by atoms with Crippen LogP contribution in [-0.4, -0.2) is 16.1 Å². The van der Waals surface area contributed by atoms with E-state index in [1.54, 1.807) is 18.2 Å². The summed E-state index contributed by atoms with van der Waals surface area (Å²) < 4.78 is 1.94. The molecule has 1 aliphatic rings. The second-order valence-electron chi connectivity index (χ2n) is 5.48. The van der Waals surface area contributed by atoms with Crippen LogP contribution in [0.3, 0.4) is 0 Å². The summed E-state index contributed by atoms with van der Waals surface area (Å²) in [5, 5.41) is 5.71. The zero-order valence-electron chi connectivity index (χ0n) is 11.6. The average Bonchev–Trinajstić information content (AvgIpc) is 2.91. The molecule has 1 fully saturated rings. The third-order valence-corrected chi connectivity index (χ3v) is 4.41. The topological polar surface area (TPSA) is 34.9 Å². The van der Waals surface area contributed by atoms with Gasteiger partial charge in [-0.2, -0.15) is 5.10 Å². The van der Waals surface area contributed by atoms with Gasteiger partial charge in [-0.05, 0) is 31.0 Å². The molecule has 0 spiro atoms. The minimum atomic E-state index is 0.390. The Morgan fingerprint density at radius 3 is 2.38 bits per heavy atom. The van der Waals surface area contributed by atoms with E-state index in [0.717, 1.165) is 24.7 Å². The summed E-state index contributed by atoms with van der Waals surface area (Å²) in [5.74, 6) is 0. The van der Waals surface area contributed by atoms with Crippen molar-refractivity contribution >= 4 is 29.5 Å². The Hall–Kier alpha value is -1.32. The summed E-state index contributed by atoms with van der Waals surface area (Å²) in [5.41, 5.74) is 2.02. The molecule has 3 nitrogen and oxygen atoms in total. The number of rotatable bonds is 3.